The van der Waals surface area contributed by atoms with Crippen molar-refractivity contribution in [1.82, 2.24) is 0 Å². The van der Waals surface area contributed by atoms with E-state index in [-0.39, 0.29) is 17.7 Å². The topological polar surface area (TPSA) is 29.1 Å². The molecular weight excluding hydrogens is 305 g/mol. The average molecular weight is 320 g/mol. The minimum atomic E-state index is 0.000774. The average Bonchev–Trinajstić information content (AvgIpc) is 3.20. The first kappa shape index (κ1) is 14.4. The molecule has 2 aromatic carbocycles. The number of benzene rings is 2. The van der Waals surface area contributed by atoms with E-state index >= 15 is 0 Å². The van der Waals surface area contributed by atoms with Gasteiger partial charge in [-0.15, -0.1) is 0 Å². The van der Waals surface area contributed by atoms with Crippen LogP contribution in [-0.4, -0.2) is 5.91 Å². The van der Waals surface area contributed by atoms with Crippen molar-refractivity contribution in [3.63, 3.8) is 0 Å². The van der Waals surface area contributed by atoms with Gasteiger partial charge < -0.3 is 5.32 Å². The van der Waals surface area contributed by atoms with Crippen molar-refractivity contribution in [1.29, 1.82) is 0 Å². The lowest BCUT2D eigenvalue weighted by atomic mass is 10.1. The summed E-state index contributed by atoms with van der Waals surface area (Å²) in [7, 11) is 0. The van der Waals surface area contributed by atoms with Crippen molar-refractivity contribution in [2.24, 2.45) is 5.92 Å². The fourth-order valence-electron chi connectivity index (χ4n) is 2.51. The van der Waals surface area contributed by atoms with Crippen LogP contribution in [0.25, 0.3) is 0 Å². The molecule has 3 rings (SSSR count). The first-order valence-corrected chi connectivity index (χ1v) is 7.62. The number of nitrogens with one attached hydrogen (secondary N) is 1. The number of rotatable bonds is 3. The van der Waals surface area contributed by atoms with Crippen molar-refractivity contribution >= 4 is 34.8 Å². The molecule has 108 valence electrons. The molecule has 1 amide bonds. The molecule has 2 atom stereocenters. The van der Waals surface area contributed by atoms with Gasteiger partial charge in [0.25, 0.3) is 0 Å². The minimum absolute atomic E-state index is 0.000774. The number of aryl methyl sites for hydroxylation is 1. The van der Waals surface area contributed by atoms with Gasteiger partial charge in [0.15, 0.2) is 0 Å². The SMILES string of the molecule is Cc1ccc(NC(=O)[C@@H]2C[C@H]2c2cc(Cl)cc(Cl)c2)cc1. The van der Waals surface area contributed by atoms with Gasteiger partial charge in [0.1, 0.15) is 0 Å². The van der Waals surface area contributed by atoms with E-state index in [9.17, 15) is 4.79 Å². The molecule has 1 saturated carbocycles. The van der Waals surface area contributed by atoms with Crippen LogP contribution in [0, 0.1) is 12.8 Å². The largest absolute Gasteiger partial charge is 0.326 e. The highest BCUT2D eigenvalue weighted by Crippen LogP contribution is 2.49. The maximum atomic E-state index is 12.2. The molecule has 0 radical (unpaired) electrons. The zero-order chi connectivity index (χ0) is 15.0. The van der Waals surface area contributed by atoms with E-state index in [0.717, 1.165) is 17.7 Å². The molecule has 0 unspecified atom stereocenters. The fraction of sp³-hybridized carbons (Fsp3) is 0.235. The molecule has 1 N–H and O–H groups in total. The lowest BCUT2D eigenvalue weighted by Crippen LogP contribution is -2.14. The Morgan fingerprint density at radius 3 is 2.33 bits per heavy atom. The predicted molar refractivity (Wildman–Crippen MR) is 87.1 cm³/mol. The highest BCUT2D eigenvalue weighted by Gasteiger charge is 2.44. The minimum Gasteiger partial charge on any atom is -0.326 e. The van der Waals surface area contributed by atoms with Gasteiger partial charge in [0.2, 0.25) is 5.91 Å². The highest BCUT2D eigenvalue weighted by atomic mass is 35.5. The molecular formula is C17H15Cl2NO. The van der Waals surface area contributed by atoms with Crippen molar-refractivity contribution in [3.05, 3.63) is 63.6 Å². The number of hydrogen-bond acceptors (Lipinski definition) is 1. The molecule has 0 spiro atoms. The van der Waals surface area contributed by atoms with Crippen LogP contribution in [0.15, 0.2) is 42.5 Å². The van der Waals surface area contributed by atoms with Gasteiger partial charge in [-0.3, -0.25) is 4.79 Å². The zero-order valence-electron chi connectivity index (χ0n) is 11.6. The summed E-state index contributed by atoms with van der Waals surface area (Å²) < 4.78 is 0. The van der Waals surface area contributed by atoms with E-state index in [4.69, 9.17) is 23.2 Å². The van der Waals surface area contributed by atoms with Gasteiger partial charge >= 0.3 is 0 Å². The van der Waals surface area contributed by atoms with Gasteiger partial charge in [-0.25, -0.2) is 0 Å². The Morgan fingerprint density at radius 2 is 1.71 bits per heavy atom. The molecule has 21 heavy (non-hydrogen) atoms. The zero-order valence-corrected chi connectivity index (χ0v) is 13.1. The van der Waals surface area contributed by atoms with Gasteiger partial charge in [-0.05, 0) is 55.2 Å². The molecule has 4 heteroatoms. The van der Waals surface area contributed by atoms with Crippen LogP contribution in [-0.2, 0) is 4.79 Å². The second-order valence-electron chi connectivity index (χ2n) is 5.51. The third-order valence-corrected chi connectivity index (χ3v) is 4.20. The lowest BCUT2D eigenvalue weighted by Gasteiger charge is -2.06. The molecule has 0 saturated heterocycles. The molecule has 0 bridgehead atoms. The maximum absolute atomic E-state index is 12.2. The van der Waals surface area contributed by atoms with E-state index in [1.54, 1.807) is 6.07 Å². The fourth-order valence-corrected chi connectivity index (χ4v) is 3.06. The van der Waals surface area contributed by atoms with Gasteiger partial charge in [-0.2, -0.15) is 0 Å². The first-order chi connectivity index (χ1) is 10.0. The summed E-state index contributed by atoms with van der Waals surface area (Å²) in [4.78, 5) is 12.2. The summed E-state index contributed by atoms with van der Waals surface area (Å²) in [5.74, 6) is 0.271. The third kappa shape index (κ3) is 3.39. The Morgan fingerprint density at radius 1 is 1.10 bits per heavy atom. The summed E-state index contributed by atoms with van der Waals surface area (Å²) in [5, 5.41) is 4.18. The molecule has 0 aromatic heterocycles. The Balaban J connectivity index is 1.67. The summed E-state index contributed by atoms with van der Waals surface area (Å²) in [6.45, 7) is 2.02. The van der Waals surface area contributed by atoms with Gasteiger partial charge in [0.05, 0.1) is 0 Å². The molecule has 1 aliphatic rings. The molecule has 1 aliphatic carbocycles. The molecule has 0 aliphatic heterocycles. The van der Waals surface area contributed by atoms with Crippen LogP contribution in [0.2, 0.25) is 10.0 Å². The van der Waals surface area contributed by atoms with E-state index in [1.807, 2.05) is 43.3 Å². The second kappa shape index (κ2) is 5.70. The molecule has 2 aromatic rings. The highest BCUT2D eigenvalue weighted by molar-refractivity contribution is 6.34. The second-order valence-corrected chi connectivity index (χ2v) is 6.38. The number of carbonyl (C=O) groups excluding carboxylic acids is 1. The van der Waals surface area contributed by atoms with Crippen molar-refractivity contribution in [2.45, 2.75) is 19.3 Å². The molecule has 0 heterocycles. The van der Waals surface area contributed by atoms with Gasteiger partial charge in [-0.1, -0.05) is 40.9 Å². The Labute approximate surface area is 134 Å². The van der Waals surface area contributed by atoms with Crippen LogP contribution >= 0.6 is 23.2 Å². The van der Waals surface area contributed by atoms with Crippen LogP contribution in [0.1, 0.15) is 23.5 Å². The predicted octanol–water partition coefficient (Wildman–Crippen LogP) is 5.04. The standard InChI is InChI=1S/C17H15Cl2NO/c1-10-2-4-14(5-3-10)20-17(21)16-9-15(16)11-6-12(18)8-13(19)7-11/h2-8,15-16H,9H2,1H3,(H,20,21)/t15-,16+/m0/s1. The summed E-state index contributed by atoms with van der Waals surface area (Å²) in [5.41, 5.74) is 3.04. The van der Waals surface area contributed by atoms with E-state index in [0.29, 0.717) is 10.0 Å². The third-order valence-electron chi connectivity index (χ3n) is 3.76. The van der Waals surface area contributed by atoms with Crippen molar-refractivity contribution in [2.75, 3.05) is 5.32 Å². The van der Waals surface area contributed by atoms with Crippen LogP contribution in [0.5, 0.6) is 0 Å². The summed E-state index contributed by atoms with van der Waals surface area (Å²) >= 11 is 12.0. The van der Waals surface area contributed by atoms with Crippen molar-refractivity contribution < 1.29 is 4.79 Å². The number of hydrogen-bond donors (Lipinski definition) is 1. The quantitative estimate of drug-likeness (QED) is 0.843. The summed E-state index contributed by atoms with van der Waals surface area (Å²) in [6, 6.07) is 13.3. The number of anilines is 1. The number of halogens is 2. The van der Waals surface area contributed by atoms with Crippen LogP contribution in [0.4, 0.5) is 5.69 Å². The van der Waals surface area contributed by atoms with E-state index in [2.05, 4.69) is 5.32 Å². The molecule has 1 fully saturated rings. The smallest absolute Gasteiger partial charge is 0.228 e. The van der Waals surface area contributed by atoms with E-state index in [1.165, 1.54) is 5.56 Å². The van der Waals surface area contributed by atoms with Crippen LogP contribution < -0.4 is 5.32 Å². The summed E-state index contributed by atoms with van der Waals surface area (Å²) in [6.07, 6.45) is 0.842. The van der Waals surface area contributed by atoms with E-state index < -0.39 is 0 Å². The Hall–Kier alpha value is -1.51. The number of amides is 1. The first-order valence-electron chi connectivity index (χ1n) is 6.86. The normalized spacial score (nSPS) is 20.1. The van der Waals surface area contributed by atoms with Crippen LogP contribution in [0.3, 0.4) is 0 Å². The van der Waals surface area contributed by atoms with Gasteiger partial charge in [0, 0.05) is 21.7 Å². The molecule has 2 nitrogen and oxygen atoms in total. The van der Waals surface area contributed by atoms with Crippen molar-refractivity contribution in [3.8, 4) is 0 Å². The number of carbonyl (C=O) groups is 1. The monoisotopic (exact) mass is 319 g/mol. The Bertz CT molecular complexity index is 661. The lowest BCUT2D eigenvalue weighted by molar-refractivity contribution is -0.117. The maximum Gasteiger partial charge on any atom is 0.228 e. The Kier molecular flexibility index (Phi) is 3.92.